The molecule has 1 aliphatic carbocycles. The summed E-state index contributed by atoms with van der Waals surface area (Å²) >= 11 is 2.08. The second kappa shape index (κ2) is 3.31. The average molecular weight is 164 g/mol. The van der Waals surface area contributed by atoms with Gasteiger partial charge in [0.15, 0.2) is 0 Å². The Bertz CT molecular complexity index is 211. The summed E-state index contributed by atoms with van der Waals surface area (Å²) in [5, 5.41) is 0. The van der Waals surface area contributed by atoms with Crippen LogP contribution in [0.15, 0.2) is 35.5 Å². The molecule has 0 aromatic rings. The molecule has 0 bridgehead atoms. The highest BCUT2D eigenvalue weighted by Gasteiger charge is 2.08. The highest BCUT2D eigenvalue weighted by atomic mass is 32.2. The largest absolute Gasteiger partial charge is 0.161 e. The van der Waals surface area contributed by atoms with Gasteiger partial charge in [-0.3, -0.25) is 0 Å². The highest BCUT2D eigenvalue weighted by molar-refractivity contribution is 7.99. The average Bonchev–Trinajstić information content (AvgIpc) is 2.58. The van der Waals surface area contributed by atoms with Crippen LogP contribution in [0.2, 0.25) is 0 Å². The first-order valence-electron chi connectivity index (χ1n) is 4.11. The lowest BCUT2D eigenvalue weighted by Crippen LogP contribution is -1.99. The van der Waals surface area contributed by atoms with E-state index >= 15 is 0 Å². The smallest absolute Gasteiger partial charge is 0.00298 e. The lowest BCUT2D eigenvalue weighted by molar-refractivity contribution is 0.955. The molecule has 0 saturated carbocycles. The van der Waals surface area contributed by atoms with Crippen LogP contribution >= 0.6 is 11.8 Å². The first-order chi connectivity index (χ1) is 5.47. The van der Waals surface area contributed by atoms with E-state index in [1.54, 1.807) is 5.57 Å². The van der Waals surface area contributed by atoms with Gasteiger partial charge in [0.1, 0.15) is 0 Å². The molecule has 11 heavy (non-hydrogen) atoms. The van der Waals surface area contributed by atoms with E-state index in [0.717, 1.165) is 0 Å². The summed E-state index contributed by atoms with van der Waals surface area (Å²) in [6.07, 6.45) is 11.3. The van der Waals surface area contributed by atoms with Crippen LogP contribution in [0.3, 0.4) is 0 Å². The molecule has 0 amide bonds. The van der Waals surface area contributed by atoms with E-state index in [9.17, 15) is 0 Å². The molecule has 2 aliphatic rings. The molecular weight excluding hydrogens is 152 g/mol. The maximum absolute atomic E-state index is 2.23. The van der Waals surface area contributed by atoms with E-state index in [1.165, 1.54) is 29.9 Å². The molecule has 1 aliphatic heterocycles. The fraction of sp³-hybridized carbons (Fsp3) is 0.400. The summed E-state index contributed by atoms with van der Waals surface area (Å²) in [5.74, 6) is 2.64. The van der Waals surface area contributed by atoms with Crippen molar-refractivity contribution >= 4 is 11.8 Å². The van der Waals surface area contributed by atoms with E-state index in [2.05, 4.69) is 36.1 Å². The zero-order valence-electron chi connectivity index (χ0n) is 6.55. The second-order valence-electron chi connectivity index (χ2n) is 2.89. The minimum atomic E-state index is 1.30. The minimum Gasteiger partial charge on any atom is -0.161 e. The molecule has 0 nitrogen and oxygen atoms in total. The van der Waals surface area contributed by atoms with Crippen LogP contribution in [0.1, 0.15) is 12.8 Å². The number of hydrogen-bond donors (Lipinski definition) is 0. The third-order valence-electron chi connectivity index (χ3n) is 2.17. The van der Waals surface area contributed by atoms with Crippen molar-refractivity contribution in [2.75, 3.05) is 11.5 Å². The van der Waals surface area contributed by atoms with Crippen LogP contribution in [0.4, 0.5) is 0 Å². The Kier molecular flexibility index (Phi) is 2.18. The Morgan fingerprint density at radius 3 is 2.27 bits per heavy atom. The number of allylic oxidation sites excluding steroid dienone is 6. The Balaban J connectivity index is 2.17. The van der Waals surface area contributed by atoms with Gasteiger partial charge >= 0.3 is 0 Å². The van der Waals surface area contributed by atoms with Crippen molar-refractivity contribution < 1.29 is 0 Å². The van der Waals surface area contributed by atoms with Crippen LogP contribution in [-0.2, 0) is 0 Å². The molecule has 0 spiro atoms. The molecule has 1 fully saturated rings. The standard InChI is InChI=1S/C10H12S/c1-2-4-9(3-1)10-5-7-11-8-6-10/h1-4H,5-8H2. The molecule has 0 N–H and O–H groups in total. The van der Waals surface area contributed by atoms with Crippen LogP contribution in [-0.4, -0.2) is 11.5 Å². The third kappa shape index (κ3) is 1.59. The van der Waals surface area contributed by atoms with E-state index < -0.39 is 0 Å². The molecule has 58 valence electrons. The van der Waals surface area contributed by atoms with Gasteiger partial charge in [-0.05, 0) is 29.9 Å². The molecule has 0 atom stereocenters. The Morgan fingerprint density at radius 2 is 1.64 bits per heavy atom. The Hall–Kier alpha value is -0.430. The van der Waals surface area contributed by atoms with Gasteiger partial charge in [-0.25, -0.2) is 0 Å². The van der Waals surface area contributed by atoms with Crippen molar-refractivity contribution in [2.24, 2.45) is 0 Å². The van der Waals surface area contributed by atoms with Crippen molar-refractivity contribution in [3.05, 3.63) is 35.5 Å². The van der Waals surface area contributed by atoms with Gasteiger partial charge in [-0.15, -0.1) is 0 Å². The van der Waals surface area contributed by atoms with E-state index in [1.807, 2.05) is 0 Å². The summed E-state index contributed by atoms with van der Waals surface area (Å²) in [6.45, 7) is 0. The molecule has 1 heteroatoms. The van der Waals surface area contributed by atoms with Crippen molar-refractivity contribution in [2.45, 2.75) is 12.8 Å². The molecule has 0 radical (unpaired) electrons. The SMILES string of the molecule is C1=CC(=C2CCSCC2)C=C1. The van der Waals surface area contributed by atoms with Crippen LogP contribution in [0.5, 0.6) is 0 Å². The molecule has 0 aromatic carbocycles. The van der Waals surface area contributed by atoms with Crippen molar-refractivity contribution in [3.63, 3.8) is 0 Å². The van der Waals surface area contributed by atoms with Crippen molar-refractivity contribution in [1.29, 1.82) is 0 Å². The number of hydrogen-bond acceptors (Lipinski definition) is 1. The first-order valence-corrected chi connectivity index (χ1v) is 5.27. The predicted octanol–water partition coefficient (Wildman–Crippen LogP) is 2.94. The van der Waals surface area contributed by atoms with Crippen molar-refractivity contribution in [1.82, 2.24) is 0 Å². The molecular formula is C10H12S. The second-order valence-corrected chi connectivity index (χ2v) is 4.11. The summed E-state index contributed by atoms with van der Waals surface area (Å²) in [6, 6.07) is 0. The van der Waals surface area contributed by atoms with Gasteiger partial charge in [-0.1, -0.05) is 29.9 Å². The van der Waals surface area contributed by atoms with Gasteiger partial charge in [0.05, 0.1) is 0 Å². The van der Waals surface area contributed by atoms with E-state index in [-0.39, 0.29) is 0 Å². The zero-order chi connectivity index (χ0) is 7.52. The predicted molar refractivity (Wildman–Crippen MR) is 51.9 cm³/mol. The first kappa shape index (κ1) is 7.23. The topological polar surface area (TPSA) is 0 Å². The zero-order valence-corrected chi connectivity index (χ0v) is 7.36. The van der Waals surface area contributed by atoms with Crippen molar-refractivity contribution in [3.8, 4) is 0 Å². The molecule has 1 saturated heterocycles. The van der Waals surface area contributed by atoms with E-state index in [0.29, 0.717) is 0 Å². The lowest BCUT2D eigenvalue weighted by Gasteiger charge is -2.14. The van der Waals surface area contributed by atoms with Gasteiger partial charge in [0.2, 0.25) is 0 Å². The van der Waals surface area contributed by atoms with Crippen LogP contribution in [0.25, 0.3) is 0 Å². The summed E-state index contributed by atoms with van der Waals surface area (Å²) < 4.78 is 0. The lowest BCUT2D eigenvalue weighted by atomic mass is 10.0. The number of rotatable bonds is 0. The Labute approximate surface area is 72.1 Å². The van der Waals surface area contributed by atoms with Gasteiger partial charge in [0.25, 0.3) is 0 Å². The Morgan fingerprint density at radius 1 is 1.00 bits per heavy atom. The normalized spacial score (nSPS) is 23.3. The summed E-state index contributed by atoms with van der Waals surface area (Å²) in [5.41, 5.74) is 3.14. The summed E-state index contributed by atoms with van der Waals surface area (Å²) in [4.78, 5) is 0. The maximum atomic E-state index is 2.23. The van der Waals surface area contributed by atoms with Gasteiger partial charge < -0.3 is 0 Å². The van der Waals surface area contributed by atoms with Crippen LogP contribution in [0, 0.1) is 0 Å². The number of thioether (sulfide) groups is 1. The van der Waals surface area contributed by atoms with Gasteiger partial charge in [-0.2, -0.15) is 11.8 Å². The van der Waals surface area contributed by atoms with Gasteiger partial charge in [0, 0.05) is 0 Å². The fourth-order valence-electron chi connectivity index (χ4n) is 1.52. The third-order valence-corrected chi connectivity index (χ3v) is 3.15. The molecule has 0 aromatic heterocycles. The van der Waals surface area contributed by atoms with Crippen LogP contribution < -0.4 is 0 Å². The van der Waals surface area contributed by atoms with E-state index in [4.69, 9.17) is 0 Å². The summed E-state index contributed by atoms with van der Waals surface area (Å²) in [7, 11) is 0. The maximum Gasteiger partial charge on any atom is -0.00298 e. The highest BCUT2D eigenvalue weighted by Crippen LogP contribution is 2.27. The molecule has 1 heterocycles. The molecule has 0 unspecified atom stereocenters. The fourth-order valence-corrected chi connectivity index (χ4v) is 2.50. The monoisotopic (exact) mass is 164 g/mol. The molecule has 2 rings (SSSR count). The quantitative estimate of drug-likeness (QED) is 0.530. The minimum absolute atomic E-state index is 1.30.